The van der Waals surface area contributed by atoms with E-state index in [1.807, 2.05) is 6.92 Å². The second-order valence-corrected chi connectivity index (χ2v) is 4.39. The van der Waals surface area contributed by atoms with Crippen molar-refractivity contribution in [2.75, 3.05) is 0 Å². The van der Waals surface area contributed by atoms with E-state index in [4.69, 9.17) is 5.73 Å². The van der Waals surface area contributed by atoms with Crippen LogP contribution < -0.4 is 5.73 Å². The third kappa shape index (κ3) is 2.53. The van der Waals surface area contributed by atoms with E-state index >= 15 is 0 Å². The monoisotopic (exact) mass is 205 g/mol. The van der Waals surface area contributed by atoms with Gasteiger partial charge in [0, 0.05) is 17.3 Å². The maximum absolute atomic E-state index is 5.59. The lowest BCUT2D eigenvalue weighted by atomic mass is 9.86. The van der Waals surface area contributed by atoms with Crippen LogP contribution in [-0.2, 0) is 6.54 Å². The molecule has 3 heteroatoms. The van der Waals surface area contributed by atoms with E-state index in [2.05, 4.69) is 16.0 Å². The Morgan fingerprint density at radius 1 is 1.27 bits per heavy atom. The van der Waals surface area contributed by atoms with E-state index in [9.17, 15) is 0 Å². The van der Waals surface area contributed by atoms with Gasteiger partial charge in [-0.05, 0) is 25.8 Å². The van der Waals surface area contributed by atoms with Gasteiger partial charge >= 0.3 is 0 Å². The molecule has 2 N–H and O–H groups in total. The first-order chi connectivity index (χ1) is 7.29. The average Bonchev–Trinajstić information content (AvgIpc) is 2.29. The summed E-state index contributed by atoms with van der Waals surface area (Å²) in [6, 6.07) is 2.12. The molecule has 1 aliphatic carbocycles. The molecule has 3 nitrogen and oxygen atoms in total. The summed E-state index contributed by atoms with van der Waals surface area (Å²) in [5, 5.41) is 0. The first-order valence-corrected chi connectivity index (χ1v) is 5.84. The summed E-state index contributed by atoms with van der Waals surface area (Å²) in [7, 11) is 0. The van der Waals surface area contributed by atoms with Crippen molar-refractivity contribution in [2.24, 2.45) is 5.73 Å². The molecule has 15 heavy (non-hydrogen) atoms. The van der Waals surface area contributed by atoms with Gasteiger partial charge in [0.15, 0.2) is 0 Å². The maximum Gasteiger partial charge on any atom is 0.142 e. The number of rotatable bonds is 2. The van der Waals surface area contributed by atoms with Crippen LogP contribution in [0, 0.1) is 6.92 Å². The van der Waals surface area contributed by atoms with Crippen molar-refractivity contribution in [1.82, 2.24) is 9.97 Å². The third-order valence-electron chi connectivity index (χ3n) is 3.13. The zero-order chi connectivity index (χ0) is 10.7. The van der Waals surface area contributed by atoms with Crippen LogP contribution in [0.1, 0.15) is 55.2 Å². The van der Waals surface area contributed by atoms with E-state index in [0.717, 1.165) is 11.5 Å². The minimum Gasteiger partial charge on any atom is -0.324 e. The van der Waals surface area contributed by atoms with Crippen LogP contribution in [0.5, 0.6) is 0 Å². The molecule has 1 aliphatic rings. The quantitative estimate of drug-likeness (QED) is 0.806. The predicted molar refractivity (Wildman–Crippen MR) is 60.5 cm³/mol. The van der Waals surface area contributed by atoms with Gasteiger partial charge in [-0.2, -0.15) is 0 Å². The molecule has 0 saturated heterocycles. The van der Waals surface area contributed by atoms with Crippen molar-refractivity contribution in [3.8, 4) is 0 Å². The fourth-order valence-corrected chi connectivity index (χ4v) is 2.35. The molecule has 2 rings (SSSR count). The highest BCUT2D eigenvalue weighted by molar-refractivity contribution is 5.14. The summed E-state index contributed by atoms with van der Waals surface area (Å²) in [5.41, 5.74) is 7.85. The second-order valence-electron chi connectivity index (χ2n) is 4.39. The molecule has 0 amide bonds. The van der Waals surface area contributed by atoms with Crippen LogP contribution in [-0.4, -0.2) is 9.97 Å². The Kier molecular flexibility index (Phi) is 3.31. The first kappa shape index (κ1) is 10.6. The lowest BCUT2D eigenvalue weighted by Gasteiger charge is -2.21. The normalized spacial score (nSPS) is 18.0. The van der Waals surface area contributed by atoms with Crippen molar-refractivity contribution in [1.29, 1.82) is 0 Å². The molecule has 0 radical (unpaired) electrons. The Bertz CT molecular complexity index is 330. The summed E-state index contributed by atoms with van der Waals surface area (Å²) in [6.07, 6.45) is 6.61. The lowest BCUT2D eigenvalue weighted by molar-refractivity contribution is 0.435. The van der Waals surface area contributed by atoms with Gasteiger partial charge in [0.05, 0.1) is 6.54 Å². The van der Waals surface area contributed by atoms with E-state index in [1.54, 1.807) is 0 Å². The molecule has 1 aromatic heterocycles. The molecule has 1 heterocycles. The number of aromatic nitrogens is 2. The predicted octanol–water partition coefficient (Wildman–Crippen LogP) is 2.29. The molecule has 82 valence electrons. The minimum absolute atomic E-state index is 0.446. The molecule has 1 saturated carbocycles. The number of hydrogen-bond donors (Lipinski definition) is 1. The maximum atomic E-state index is 5.59. The van der Waals surface area contributed by atoms with Crippen molar-refractivity contribution in [2.45, 2.75) is 51.5 Å². The van der Waals surface area contributed by atoms with Gasteiger partial charge < -0.3 is 5.73 Å². The molecule has 1 aromatic rings. The van der Waals surface area contributed by atoms with Crippen LogP contribution in [0.15, 0.2) is 6.07 Å². The molecule has 0 spiro atoms. The van der Waals surface area contributed by atoms with Crippen molar-refractivity contribution < 1.29 is 0 Å². The summed E-state index contributed by atoms with van der Waals surface area (Å²) < 4.78 is 0. The fraction of sp³-hybridized carbons (Fsp3) is 0.667. The van der Waals surface area contributed by atoms with E-state index in [-0.39, 0.29) is 0 Å². The van der Waals surface area contributed by atoms with Gasteiger partial charge in [0.25, 0.3) is 0 Å². The second kappa shape index (κ2) is 4.71. The van der Waals surface area contributed by atoms with Gasteiger partial charge in [0.1, 0.15) is 5.82 Å². The van der Waals surface area contributed by atoms with E-state index < -0.39 is 0 Å². The van der Waals surface area contributed by atoms with Crippen LogP contribution in [0.3, 0.4) is 0 Å². The Hall–Kier alpha value is -0.960. The van der Waals surface area contributed by atoms with Gasteiger partial charge in [-0.25, -0.2) is 9.97 Å². The number of nitrogens with zero attached hydrogens (tertiary/aromatic N) is 2. The molecule has 0 bridgehead atoms. The standard InChI is InChI=1S/C12H19N3/c1-9-7-11(15-12(8-13)14-9)10-5-3-2-4-6-10/h7,10H,2-6,8,13H2,1H3. The van der Waals surface area contributed by atoms with E-state index in [1.165, 1.54) is 37.8 Å². The average molecular weight is 205 g/mol. The van der Waals surface area contributed by atoms with Crippen LogP contribution in [0.2, 0.25) is 0 Å². The Labute approximate surface area is 91.1 Å². The topological polar surface area (TPSA) is 51.8 Å². The largest absolute Gasteiger partial charge is 0.324 e. The fourth-order valence-electron chi connectivity index (χ4n) is 2.35. The molecule has 0 aliphatic heterocycles. The highest BCUT2D eigenvalue weighted by atomic mass is 14.9. The molecule has 0 aromatic carbocycles. The van der Waals surface area contributed by atoms with Crippen LogP contribution in [0.4, 0.5) is 0 Å². The van der Waals surface area contributed by atoms with Crippen molar-refractivity contribution in [3.63, 3.8) is 0 Å². The molecule has 0 unspecified atom stereocenters. The van der Waals surface area contributed by atoms with Gasteiger partial charge in [0.2, 0.25) is 0 Å². The zero-order valence-electron chi connectivity index (χ0n) is 9.37. The highest BCUT2D eigenvalue weighted by Gasteiger charge is 2.17. The SMILES string of the molecule is Cc1cc(C2CCCCC2)nc(CN)n1. The van der Waals surface area contributed by atoms with Crippen LogP contribution in [0.25, 0.3) is 0 Å². The first-order valence-electron chi connectivity index (χ1n) is 5.84. The minimum atomic E-state index is 0.446. The van der Waals surface area contributed by atoms with Crippen molar-refractivity contribution in [3.05, 3.63) is 23.3 Å². The highest BCUT2D eigenvalue weighted by Crippen LogP contribution is 2.31. The van der Waals surface area contributed by atoms with Crippen molar-refractivity contribution >= 4 is 0 Å². The summed E-state index contributed by atoms with van der Waals surface area (Å²) in [4.78, 5) is 8.85. The van der Waals surface area contributed by atoms with Gasteiger partial charge in [-0.3, -0.25) is 0 Å². The number of aryl methyl sites for hydroxylation is 1. The number of hydrogen-bond acceptors (Lipinski definition) is 3. The Morgan fingerprint density at radius 2 is 2.00 bits per heavy atom. The molecule has 0 atom stereocenters. The summed E-state index contributed by atoms with van der Waals surface area (Å²) >= 11 is 0. The summed E-state index contributed by atoms with van der Waals surface area (Å²) in [5.74, 6) is 1.43. The molecule has 1 fully saturated rings. The smallest absolute Gasteiger partial charge is 0.142 e. The van der Waals surface area contributed by atoms with Gasteiger partial charge in [-0.15, -0.1) is 0 Å². The Morgan fingerprint density at radius 3 is 2.67 bits per heavy atom. The zero-order valence-corrected chi connectivity index (χ0v) is 9.37. The van der Waals surface area contributed by atoms with Crippen LogP contribution >= 0.6 is 0 Å². The Balaban J connectivity index is 2.22. The third-order valence-corrected chi connectivity index (χ3v) is 3.13. The lowest BCUT2D eigenvalue weighted by Crippen LogP contribution is -2.11. The molecular weight excluding hydrogens is 186 g/mol. The van der Waals surface area contributed by atoms with Gasteiger partial charge in [-0.1, -0.05) is 19.3 Å². The number of nitrogens with two attached hydrogens (primary N) is 1. The van der Waals surface area contributed by atoms with E-state index in [0.29, 0.717) is 12.5 Å². The molecular formula is C12H19N3. The summed E-state index contributed by atoms with van der Waals surface area (Å²) in [6.45, 7) is 2.47.